The molecule has 0 atom stereocenters. The van der Waals surface area contributed by atoms with Crippen LogP contribution in [0.25, 0.3) is 0 Å². The lowest BCUT2D eigenvalue weighted by atomic mass is 10.5. The highest BCUT2D eigenvalue weighted by Gasteiger charge is 2.00. The molecule has 0 aromatic carbocycles. The van der Waals surface area contributed by atoms with Gasteiger partial charge in [0.25, 0.3) is 0 Å². The van der Waals surface area contributed by atoms with Gasteiger partial charge in [-0.15, -0.1) is 0 Å². The van der Waals surface area contributed by atoms with Gasteiger partial charge in [-0.2, -0.15) is 0 Å². The first-order valence-corrected chi connectivity index (χ1v) is 20.3. The number of nitrogens with zero attached hydrogens (tertiary/aromatic N) is 2. The van der Waals surface area contributed by atoms with E-state index in [-0.39, 0.29) is 0 Å². The third-order valence-electron chi connectivity index (χ3n) is 7.73. The fourth-order valence-electron chi connectivity index (χ4n) is 4.43. The number of hydrogen-bond acceptors (Lipinski definition) is 16. The number of ether oxygens (including phenoxy) is 14. The smallest absolute Gasteiger partial charge is 0.0701 e. The molecule has 0 radical (unpaired) electrons. The maximum absolute atomic E-state index is 5.58. The van der Waals surface area contributed by atoms with Crippen LogP contribution in [0.4, 0.5) is 0 Å². The maximum Gasteiger partial charge on any atom is 0.0701 e. The monoisotopic (exact) mass is 789 g/mol. The summed E-state index contributed by atoms with van der Waals surface area (Å²) < 4.78 is 77.2. The Morgan fingerprint density at radius 1 is 0.185 bits per heavy atom. The lowest BCUT2D eigenvalue weighted by molar-refractivity contribution is -0.0297. The average molecular weight is 789 g/mol. The van der Waals surface area contributed by atoms with Crippen molar-refractivity contribution in [3.63, 3.8) is 0 Å². The van der Waals surface area contributed by atoms with E-state index in [1.165, 1.54) is 0 Å². The van der Waals surface area contributed by atoms with E-state index in [9.17, 15) is 0 Å². The molecule has 0 rings (SSSR count). The molecule has 0 saturated carbocycles. The van der Waals surface area contributed by atoms with Gasteiger partial charge >= 0.3 is 0 Å². The summed E-state index contributed by atoms with van der Waals surface area (Å²) in [5.41, 5.74) is 0. The van der Waals surface area contributed by atoms with Crippen LogP contribution in [0.15, 0.2) is 0 Å². The molecule has 0 aromatic rings. The summed E-state index contributed by atoms with van der Waals surface area (Å²) in [5.74, 6) is 0. The zero-order chi connectivity index (χ0) is 39.1. The normalized spacial score (nSPS) is 11.9. The summed E-state index contributed by atoms with van der Waals surface area (Å²) in [6, 6.07) is 0. The second kappa shape index (κ2) is 48.5. The summed E-state index contributed by atoms with van der Waals surface area (Å²) in [6.07, 6.45) is 0. The van der Waals surface area contributed by atoms with Gasteiger partial charge in [0.1, 0.15) is 0 Å². The fourth-order valence-corrected chi connectivity index (χ4v) is 4.43. The van der Waals surface area contributed by atoms with Crippen LogP contribution in [0, 0.1) is 0 Å². The highest BCUT2D eigenvalue weighted by molar-refractivity contribution is 4.51. The highest BCUT2D eigenvalue weighted by atomic mass is 16.6. The van der Waals surface area contributed by atoms with Gasteiger partial charge in [-0.05, 0) is 26.2 Å². The van der Waals surface area contributed by atoms with Crippen LogP contribution in [0.2, 0.25) is 0 Å². The molecular formula is C38H80N2O14. The molecule has 0 N–H and O–H groups in total. The van der Waals surface area contributed by atoms with E-state index in [4.69, 9.17) is 66.3 Å². The van der Waals surface area contributed by atoms with E-state index in [2.05, 4.69) is 37.5 Å². The Hall–Kier alpha value is -0.640. The van der Waals surface area contributed by atoms with Crippen LogP contribution in [0.1, 0.15) is 27.7 Å². The van der Waals surface area contributed by atoms with E-state index in [1.807, 2.05) is 0 Å². The topological polar surface area (TPSA) is 136 Å². The van der Waals surface area contributed by atoms with Crippen molar-refractivity contribution in [2.45, 2.75) is 27.7 Å². The molecule has 0 aliphatic carbocycles. The Balaban J connectivity index is 3.09. The minimum absolute atomic E-state index is 0.509. The van der Waals surface area contributed by atoms with Crippen molar-refractivity contribution in [3.05, 3.63) is 0 Å². The number of rotatable bonds is 49. The first-order valence-electron chi connectivity index (χ1n) is 20.3. The standard InChI is InChI=1S/C38H80N2O14/c1-5-39(6-2)9-11-41-13-15-43-17-19-45-21-23-47-25-27-49-29-31-51-33-35-53-37-38-54-36-34-52-32-30-50-28-26-48-24-22-46-20-18-44-16-14-42-12-10-40(7-3)8-4/h5-38H2,1-4H3. The largest absolute Gasteiger partial charge is 0.378 e. The van der Waals surface area contributed by atoms with Gasteiger partial charge in [0, 0.05) is 13.1 Å². The van der Waals surface area contributed by atoms with Crippen molar-refractivity contribution in [2.24, 2.45) is 0 Å². The molecule has 0 bridgehead atoms. The SMILES string of the molecule is CCN(CC)CCOCCOCCOCCOCCOCCOCCOCCOCCOCCOCCOCCOCCOCCOCCN(CC)CC. The molecule has 0 aliphatic rings. The second-order valence-corrected chi connectivity index (χ2v) is 11.6. The molecule has 0 spiro atoms. The summed E-state index contributed by atoms with van der Waals surface area (Å²) in [4.78, 5) is 4.67. The van der Waals surface area contributed by atoms with Crippen molar-refractivity contribution < 1.29 is 66.3 Å². The number of likely N-dealkylation sites (N-methyl/N-ethyl adjacent to an activating group) is 2. The number of hydrogen-bond donors (Lipinski definition) is 0. The van der Waals surface area contributed by atoms with E-state index >= 15 is 0 Å². The highest BCUT2D eigenvalue weighted by Crippen LogP contribution is 1.91. The van der Waals surface area contributed by atoms with Crippen LogP contribution in [0.5, 0.6) is 0 Å². The van der Waals surface area contributed by atoms with Crippen molar-refractivity contribution in [3.8, 4) is 0 Å². The molecule has 16 nitrogen and oxygen atoms in total. The van der Waals surface area contributed by atoms with Crippen LogP contribution in [-0.2, 0) is 66.3 Å². The van der Waals surface area contributed by atoms with Gasteiger partial charge < -0.3 is 76.1 Å². The molecule has 54 heavy (non-hydrogen) atoms. The van der Waals surface area contributed by atoms with Gasteiger partial charge in [0.2, 0.25) is 0 Å². The van der Waals surface area contributed by atoms with Gasteiger partial charge in [0.05, 0.1) is 185 Å². The molecule has 0 fully saturated rings. The average Bonchev–Trinajstić information content (AvgIpc) is 3.19. The first-order chi connectivity index (χ1) is 26.8. The maximum atomic E-state index is 5.58. The van der Waals surface area contributed by atoms with Crippen molar-refractivity contribution in [1.82, 2.24) is 9.80 Å². The van der Waals surface area contributed by atoms with Crippen molar-refractivity contribution in [2.75, 3.05) is 224 Å². The molecular weight excluding hydrogens is 708 g/mol. The van der Waals surface area contributed by atoms with Gasteiger partial charge in [0.15, 0.2) is 0 Å². The molecule has 0 aliphatic heterocycles. The summed E-state index contributed by atoms with van der Waals surface area (Å²) in [7, 11) is 0. The van der Waals surface area contributed by atoms with Crippen molar-refractivity contribution in [1.29, 1.82) is 0 Å². The minimum Gasteiger partial charge on any atom is -0.378 e. The molecule has 0 aromatic heterocycles. The molecule has 0 saturated heterocycles. The van der Waals surface area contributed by atoms with Crippen LogP contribution >= 0.6 is 0 Å². The third kappa shape index (κ3) is 44.1. The molecule has 0 unspecified atom stereocenters. The van der Waals surface area contributed by atoms with Crippen LogP contribution in [0.3, 0.4) is 0 Å². The van der Waals surface area contributed by atoms with E-state index < -0.39 is 0 Å². The minimum atomic E-state index is 0.509. The predicted molar refractivity (Wildman–Crippen MR) is 207 cm³/mol. The Kier molecular flexibility index (Phi) is 47.9. The van der Waals surface area contributed by atoms with Gasteiger partial charge in [-0.3, -0.25) is 0 Å². The lowest BCUT2D eigenvalue weighted by Crippen LogP contribution is -2.27. The van der Waals surface area contributed by atoms with Gasteiger partial charge in [-0.1, -0.05) is 27.7 Å². The van der Waals surface area contributed by atoms with E-state index in [0.29, 0.717) is 172 Å². The Morgan fingerprint density at radius 3 is 0.407 bits per heavy atom. The first kappa shape index (κ1) is 53.4. The third-order valence-corrected chi connectivity index (χ3v) is 7.73. The van der Waals surface area contributed by atoms with Crippen LogP contribution < -0.4 is 0 Å². The summed E-state index contributed by atoms with van der Waals surface area (Å²) in [6.45, 7) is 30.1. The zero-order valence-electron chi connectivity index (χ0n) is 34.7. The predicted octanol–water partition coefficient (Wildman–Crippen LogP) is 1.90. The van der Waals surface area contributed by atoms with Crippen LogP contribution in [-0.4, -0.2) is 234 Å². The van der Waals surface area contributed by atoms with Crippen molar-refractivity contribution >= 4 is 0 Å². The fraction of sp³-hybridized carbons (Fsp3) is 1.00. The lowest BCUT2D eigenvalue weighted by Gasteiger charge is -2.17. The summed E-state index contributed by atoms with van der Waals surface area (Å²) >= 11 is 0. The molecule has 0 amide bonds. The molecule has 0 heterocycles. The van der Waals surface area contributed by atoms with E-state index in [0.717, 1.165) is 52.5 Å². The zero-order valence-corrected chi connectivity index (χ0v) is 34.7. The quantitative estimate of drug-likeness (QED) is 0.0830. The summed E-state index contributed by atoms with van der Waals surface area (Å²) in [5, 5.41) is 0. The Morgan fingerprint density at radius 2 is 0.296 bits per heavy atom. The second-order valence-electron chi connectivity index (χ2n) is 11.6. The molecule has 326 valence electrons. The van der Waals surface area contributed by atoms with Gasteiger partial charge in [-0.25, -0.2) is 0 Å². The molecule has 16 heteroatoms. The Bertz CT molecular complexity index is 616. The Labute approximate surface area is 327 Å². The van der Waals surface area contributed by atoms with E-state index in [1.54, 1.807) is 0 Å².